The SMILES string of the molecule is CC(C(=O)NC1CCCC1)N1CCN(C(=O)[C@@H](C)N)CC1.Cl.Cl. The first-order valence-electron chi connectivity index (χ1n) is 8.08. The number of piperazine rings is 1. The lowest BCUT2D eigenvalue weighted by atomic mass is 10.1. The van der Waals surface area contributed by atoms with Gasteiger partial charge in [0, 0.05) is 32.2 Å². The van der Waals surface area contributed by atoms with Crippen LogP contribution in [0.1, 0.15) is 39.5 Å². The van der Waals surface area contributed by atoms with Gasteiger partial charge in [0.15, 0.2) is 0 Å². The number of nitrogens with one attached hydrogen (secondary N) is 1. The van der Waals surface area contributed by atoms with Crippen molar-refractivity contribution in [2.75, 3.05) is 26.2 Å². The third kappa shape index (κ3) is 6.10. The lowest BCUT2D eigenvalue weighted by molar-refractivity contribution is -0.135. The number of carbonyl (C=O) groups excluding carboxylic acids is 2. The Morgan fingerprint density at radius 2 is 1.57 bits per heavy atom. The van der Waals surface area contributed by atoms with Crippen LogP contribution in [0.5, 0.6) is 0 Å². The molecule has 0 radical (unpaired) electrons. The Bertz CT molecular complexity index is 382. The standard InChI is InChI=1S/C15H28N4O2.2ClH/c1-11(16)15(21)19-9-7-18(8-10-19)12(2)14(20)17-13-5-3-4-6-13;;/h11-13H,3-10,16H2,1-2H3,(H,17,20);2*1H/t11-,12?;;/m1../s1. The van der Waals surface area contributed by atoms with E-state index in [2.05, 4.69) is 10.2 Å². The molecule has 0 bridgehead atoms. The van der Waals surface area contributed by atoms with Crippen molar-refractivity contribution in [3.05, 3.63) is 0 Å². The maximum Gasteiger partial charge on any atom is 0.239 e. The normalized spacial score (nSPS) is 21.8. The molecular formula is C15H30Cl2N4O2. The van der Waals surface area contributed by atoms with Gasteiger partial charge in [0.1, 0.15) is 0 Å². The smallest absolute Gasteiger partial charge is 0.239 e. The van der Waals surface area contributed by atoms with Crippen molar-refractivity contribution in [1.29, 1.82) is 0 Å². The second-order valence-corrected chi connectivity index (χ2v) is 6.32. The van der Waals surface area contributed by atoms with Crippen molar-refractivity contribution < 1.29 is 9.59 Å². The zero-order valence-corrected chi connectivity index (χ0v) is 15.6. The number of rotatable bonds is 4. The van der Waals surface area contributed by atoms with Gasteiger partial charge in [-0.1, -0.05) is 12.8 Å². The van der Waals surface area contributed by atoms with Crippen molar-refractivity contribution in [3.63, 3.8) is 0 Å². The second kappa shape index (κ2) is 10.3. The molecule has 0 aromatic heterocycles. The highest BCUT2D eigenvalue weighted by Gasteiger charge is 2.29. The molecule has 136 valence electrons. The number of halogens is 2. The second-order valence-electron chi connectivity index (χ2n) is 6.32. The van der Waals surface area contributed by atoms with E-state index in [0.717, 1.165) is 25.9 Å². The minimum absolute atomic E-state index is 0. The highest BCUT2D eigenvalue weighted by Crippen LogP contribution is 2.18. The zero-order chi connectivity index (χ0) is 15.4. The van der Waals surface area contributed by atoms with Gasteiger partial charge in [-0.05, 0) is 26.7 Å². The first-order chi connectivity index (χ1) is 9.99. The molecule has 0 spiro atoms. The summed E-state index contributed by atoms with van der Waals surface area (Å²) in [6.07, 6.45) is 4.65. The van der Waals surface area contributed by atoms with Gasteiger partial charge in [-0.3, -0.25) is 14.5 Å². The third-order valence-corrected chi connectivity index (χ3v) is 4.64. The van der Waals surface area contributed by atoms with Gasteiger partial charge in [0.05, 0.1) is 12.1 Å². The summed E-state index contributed by atoms with van der Waals surface area (Å²) in [4.78, 5) is 28.1. The Morgan fingerprint density at radius 3 is 2.04 bits per heavy atom. The fraction of sp³-hybridized carbons (Fsp3) is 0.867. The van der Waals surface area contributed by atoms with Gasteiger partial charge in [-0.25, -0.2) is 0 Å². The minimum atomic E-state index is -0.445. The Hall–Kier alpha value is -0.560. The summed E-state index contributed by atoms with van der Waals surface area (Å²) in [7, 11) is 0. The molecule has 1 saturated heterocycles. The van der Waals surface area contributed by atoms with E-state index in [1.807, 2.05) is 6.92 Å². The van der Waals surface area contributed by atoms with Gasteiger partial charge in [-0.15, -0.1) is 24.8 Å². The molecule has 2 rings (SSSR count). The maximum absolute atomic E-state index is 12.3. The first kappa shape index (κ1) is 22.4. The summed E-state index contributed by atoms with van der Waals surface area (Å²) in [6, 6.07) is -0.210. The van der Waals surface area contributed by atoms with Crippen LogP contribution >= 0.6 is 24.8 Å². The molecule has 1 aliphatic heterocycles. The number of carbonyl (C=O) groups is 2. The highest BCUT2D eigenvalue weighted by molar-refractivity contribution is 5.85. The monoisotopic (exact) mass is 368 g/mol. The van der Waals surface area contributed by atoms with E-state index >= 15 is 0 Å². The maximum atomic E-state index is 12.3. The Morgan fingerprint density at radius 1 is 1.04 bits per heavy atom. The summed E-state index contributed by atoms with van der Waals surface area (Å²) in [5.41, 5.74) is 5.63. The average Bonchev–Trinajstić information content (AvgIpc) is 2.98. The van der Waals surface area contributed by atoms with Crippen molar-refractivity contribution >= 4 is 36.6 Å². The predicted octanol–water partition coefficient (Wildman–Crippen LogP) is 0.769. The molecule has 1 saturated carbocycles. The van der Waals surface area contributed by atoms with Gasteiger partial charge in [0.2, 0.25) is 11.8 Å². The summed E-state index contributed by atoms with van der Waals surface area (Å²) in [6.45, 7) is 6.44. The van der Waals surface area contributed by atoms with Crippen LogP contribution in [-0.4, -0.2) is 65.9 Å². The van der Waals surface area contributed by atoms with Crippen LogP contribution in [0.25, 0.3) is 0 Å². The van der Waals surface area contributed by atoms with Gasteiger partial charge in [0.25, 0.3) is 0 Å². The highest BCUT2D eigenvalue weighted by atomic mass is 35.5. The molecular weight excluding hydrogens is 339 g/mol. The number of nitrogens with zero attached hydrogens (tertiary/aromatic N) is 2. The van der Waals surface area contributed by atoms with Crippen molar-refractivity contribution in [2.45, 2.75) is 57.7 Å². The lowest BCUT2D eigenvalue weighted by Crippen LogP contribution is -2.57. The first-order valence-corrected chi connectivity index (χ1v) is 8.08. The van der Waals surface area contributed by atoms with Crippen LogP contribution in [0.4, 0.5) is 0 Å². The lowest BCUT2D eigenvalue weighted by Gasteiger charge is -2.38. The van der Waals surface area contributed by atoms with E-state index < -0.39 is 6.04 Å². The predicted molar refractivity (Wildman–Crippen MR) is 96.2 cm³/mol. The van der Waals surface area contributed by atoms with Crippen molar-refractivity contribution in [3.8, 4) is 0 Å². The largest absolute Gasteiger partial charge is 0.352 e. The van der Waals surface area contributed by atoms with E-state index in [9.17, 15) is 9.59 Å². The molecule has 0 aromatic rings. The Kier molecular flexibility index (Phi) is 10.1. The molecule has 1 aliphatic carbocycles. The summed E-state index contributed by atoms with van der Waals surface area (Å²) in [5, 5.41) is 3.15. The Labute approximate surface area is 151 Å². The molecule has 3 N–H and O–H groups in total. The molecule has 2 fully saturated rings. The van der Waals surface area contributed by atoms with E-state index in [1.165, 1.54) is 12.8 Å². The van der Waals surface area contributed by atoms with Crippen LogP contribution in [0.15, 0.2) is 0 Å². The summed E-state index contributed by atoms with van der Waals surface area (Å²) >= 11 is 0. The van der Waals surface area contributed by atoms with E-state index in [1.54, 1.807) is 11.8 Å². The van der Waals surface area contributed by atoms with Crippen LogP contribution in [0.2, 0.25) is 0 Å². The van der Waals surface area contributed by atoms with E-state index in [0.29, 0.717) is 19.1 Å². The van der Waals surface area contributed by atoms with Crippen LogP contribution in [0.3, 0.4) is 0 Å². The van der Waals surface area contributed by atoms with Crippen LogP contribution < -0.4 is 11.1 Å². The molecule has 2 aliphatic rings. The van der Waals surface area contributed by atoms with Crippen LogP contribution in [-0.2, 0) is 9.59 Å². The molecule has 6 nitrogen and oxygen atoms in total. The molecule has 23 heavy (non-hydrogen) atoms. The van der Waals surface area contributed by atoms with Crippen molar-refractivity contribution in [1.82, 2.24) is 15.1 Å². The van der Waals surface area contributed by atoms with E-state index in [-0.39, 0.29) is 42.7 Å². The quantitative estimate of drug-likeness (QED) is 0.767. The summed E-state index contributed by atoms with van der Waals surface area (Å²) < 4.78 is 0. The number of amides is 2. The molecule has 8 heteroatoms. The number of nitrogens with two attached hydrogens (primary N) is 1. The number of hydrogen-bond donors (Lipinski definition) is 2. The molecule has 1 heterocycles. The topological polar surface area (TPSA) is 78.7 Å². The molecule has 2 atom stereocenters. The average molecular weight is 369 g/mol. The van der Waals surface area contributed by atoms with Gasteiger partial charge < -0.3 is 16.0 Å². The fourth-order valence-electron chi connectivity index (χ4n) is 3.18. The van der Waals surface area contributed by atoms with Gasteiger partial charge >= 0.3 is 0 Å². The molecule has 0 aromatic carbocycles. The zero-order valence-electron chi connectivity index (χ0n) is 14.0. The fourth-order valence-corrected chi connectivity index (χ4v) is 3.18. The molecule has 1 unspecified atom stereocenters. The third-order valence-electron chi connectivity index (χ3n) is 4.64. The Balaban J connectivity index is 0.00000242. The van der Waals surface area contributed by atoms with E-state index in [4.69, 9.17) is 5.73 Å². The number of hydrogen-bond acceptors (Lipinski definition) is 4. The van der Waals surface area contributed by atoms with Crippen LogP contribution in [0, 0.1) is 0 Å². The van der Waals surface area contributed by atoms with Crippen molar-refractivity contribution in [2.24, 2.45) is 5.73 Å². The van der Waals surface area contributed by atoms with Gasteiger partial charge in [-0.2, -0.15) is 0 Å². The minimum Gasteiger partial charge on any atom is -0.352 e. The summed E-state index contributed by atoms with van der Waals surface area (Å²) in [5.74, 6) is 0.117. The molecule has 2 amide bonds.